The van der Waals surface area contributed by atoms with E-state index >= 15 is 0 Å². The average molecular weight is 430 g/mol. The largest absolute Gasteiger partial charge is 0.350 e. The van der Waals surface area contributed by atoms with Gasteiger partial charge in [0.15, 0.2) is 0 Å². The minimum Gasteiger partial charge on any atom is -0.350 e. The first-order valence-corrected chi connectivity index (χ1v) is 9.02. The van der Waals surface area contributed by atoms with Crippen molar-refractivity contribution in [3.63, 3.8) is 0 Å². The third-order valence-corrected chi connectivity index (χ3v) is 4.94. The van der Waals surface area contributed by atoms with Crippen molar-refractivity contribution in [2.24, 2.45) is 0 Å². The second-order valence-electron chi connectivity index (χ2n) is 6.64. The summed E-state index contributed by atoms with van der Waals surface area (Å²) in [5.41, 5.74) is 3.66. The molecule has 154 valence electrons. The van der Waals surface area contributed by atoms with E-state index in [1.165, 1.54) is 0 Å². The molecule has 1 unspecified atom stereocenters. The maximum absolute atomic E-state index is 13.0. The standard InChI is InChI=1S/C17H23N7O2.2ClH/c1-2-14(25)19-8-11-7-12-9-23(5-6-24(12)22-11)17(26)16-15-13(3-4-18-16)20-10-21-15;;/h7,10,16,18H,2-6,8-9H2,1H3,(H,19,25)(H,20,21);2*1H. The molecule has 2 aliphatic rings. The van der Waals surface area contributed by atoms with Gasteiger partial charge in [-0.05, 0) is 6.07 Å². The predicted octanol–water partition coefficient (Wildman–Crippen LogP) is 0.705. The third-order valence-electron chi connectivity index (χ3n) is 4.94. The van der Waals surface area contributed by atoms with Crippen LogP contribution in [0.4, 0.5) is 0 Å². The normalized spacial score (nSPS) is 17.6. The molecule has 3 N–H and O–H groups in total. The number of rotatable bonds is 4. The van der Waals surface area contributed by atoms with Gasteiger partial charge in [0.25, 0.3) is 0 Å². The number of aromatic nitrogens is 4. The van der Waals surface area contributed by atoms with Crippen LogP contribution in [-0.4, -0.2) is 49.6 Å². The van der Waals surface area contributed by atoms with E-state index in [4.69, 9.17) is 0 Å². The number of carbonyl (C=O) groups is 2. The molecule has 0 saturated carbocycles. The lowest BCUT2D eigenvalue weighted by atomic mass is 10.0. The number of imidazole rings is 1. The molecule has 2 aromatic heterocycles. The van der Waals surface area contributed by atoms with Crippen LogP contribution in [0.1, 0.15) is 42.2 Å². The molecule has 2 aromatic rings. The molecule has 2 amide bonds. The summed E-state index contributed by atoms with van der Waals surface area (Å²) in [7, 11) is 0. The minimum atomic E-state index is -0.386. The summed E-state index contributed by atoms with van der Waals surface area (Å²) < 4.78 is 1.92. The Morgan fingerprint density at radius 3 is 2.93 bits per heavy atom. The average Bonchev–Trinajstić information content (AvgIpc) is 3.30. The van der Waals surface area contributed by atoms with Gasteiger partial charge < -0.3 is 20.5 Å². The van der Waals surface area contributed by atoms with E-state index in [1.54, 1.807) is 6.33 Å². The number of hydrogen-bond acceptors (Lipinski definition) is 5. The van der Waals surface area contributed by atoms with E-state index in [1.807, 2.05) is 22.6 Å². The number of nitrogens with one attached hydrogen (secondary N) is 3. The zero-order valence-electron chi connectivity index (χ0n) is 15.6. The number of H-pyrrole nitrogens is 1. The van der Waals surface area contributed by atoms with E-state index in [0.29, 0.717) is 32.6 Å². The molecule has 9 nitrogen and oxygen atoms in total. The first-order chi connectivity index (χ1) is 12.7. The summed E-state index contributed by atoms with van der Waals surface area (Å²) >= 11 is 0. The third kappa shape index (κ3) is 4.31. The molecule has 1 atom stereocenters. The molecule has 2 aliphatic heterocycles. The summed E-state index contributed by atoms with van der Waals surface area (Å²) in [6, 6.07) is 1.58. The summed E-state index contributed by atoms with van der Waals surface area (Å²) in [4.78, 5) is 33.7. The van der Waals surface area contributed by atoms with Gasteiger partial charge in [0.1, 0.15) is 6.04 Å². The van der Waals surface area contributed by atoms with Gasteiger partial charge in [-0.15, -0.1) is 24.8 Å². The lowest BCUT2D eigenvalue weighted by Crippen LogP contribution is -2.46. The van der Waals surface area contributed by atoms with Gasteiger partial charge in [0.2, 0.25) is 11.8 Å². The lowest BCUT2D eigenvalue weighted by Gasteiger charge is -2.32. The maximum Gasteiger partial charge on any atom is 0.246 e. The number of aromatic amines is 1. The van der Waals surface area contributed by atoms with Crippen molar-refractivity contribution in [3.8, 4) is 0 Å². The van der Waals surface area contributed by atoms with Crippen molar-refractivity contribution in [2.75, 3.05) is 13.1 Å². The molecular weight excluding hydrogens is 405 g/mol. The van der Waals surface area contributed by atoms with Crippen molar-refractivity contribution in [3.05, 3.63) is 35.2 Å². The molecule has 4 heterocycles. The highest BCUT2D eigenvalue weighted by molar-refractivity contribution is 5.85. The number of hydrogen-bond donors (Lipinski definition) is 3. The quantitative estimate of drug-likeness (QED) is 0.662. The van der Waals surface area contributed by atoms with Gasteiger partial charge in [-0.3, -0.25) is 14.3 Å². The van der Waals surface area contributed by atoms with Crippen LogP contribution >= 0.6 is 24.8 Å². The zero-order valence-corrected chi connectivity index (χ0v) is 17.2. The Kier molecular flexibility index (Phi) is 7.45. The Hall–Kier alpha value is -2.10. The van der Waals surface area contributed by atoms with E-state index in [-0.39, 0.29) is 42.7 Å². The van der Waals surface area contributed by atoms with Crippen LogP contribution in [0.2, 0.25) is 0 Å². The monoisotopic (exact) mass is 429 g/mol. The van der Waals surface area contributed by atoms with E-state index in [2.05, 4.69) is 25.7 Å². The first kappa shape index (κ1) is 22.2. The number of amides is 2. The Balaban J connectivity index is 0.00000140. The summed E-state index contributed by atoms with van der Waals surface area (Å²) in [6.07, 6.45) is 2.97. The Morgan fingerprint density at radius 2 is 2.14 bits per heavy atom. The van der Waals surface area contributed by atoms with Crippen molar-refractivity contribution in [1.82, 2.24) is 35.3 Å². The predicted molar refractivity (Wildman–Crippen MR) is 107 cm³/mol. The molecule has 4 rings (SSSR count). The summed E-state index contributed by atoms with van der Waals surface area (Å²) in [6.45, 7) is 4.79. The second-order valence-corrected chi connectivity index (χ2v) is 6.64. The van der Waals surface area contributed by atoms with Crippen molar-refractivity contribution < 1.29 is 9.59 Å². The molecule has 11 heteroatoms. The number of fused-ring (bicyclic) bond motifs is 2. The molecule has 0 aromatic carbocycles. The SMILES string of the molecule is CCC(=O)NCc1cc2n(n1)CCN(C(=O)C1NCCc3[nH]cnc31)C2.Cl.Cl. The van der Waals surface area contributed by atoms with Gasteiger partial charge in [0.05, 0.1) is 43.0 Å². The topological polar surface area (TPSA) is 108 Å². The fourth-order valence-corrected chi connectivity index (χ4v) is 3.52. The highest BCUT2D eigenvalue weighted by Gasteiger charge is 2.33. The molecule has 0 radical (unpaired) electrons. The van der Waals surface area contributed by atoms with Gasteiger partial charge in [0, 0.05) is 31.6 Å². The smallest absolute Gasteiger partial charge is 0.246 e. The molecule has 28 heavy (non-hydrogen) atoms. The van der Waals surface area contributed by atoms with E-state index < -0.39 is 0 Å². The van der Waals surface area contributed by atoms with Crippen molar-refractivity contribution in [2.45, 2.75) is 45.4 Å². The highest BCUT2D eigenvalue weighted by Crippen LogP contribution is 2.23. The fraction of sp³-hybridized carbons (Fsp3) is 0.529. The van der Waals surface area contributed by atoms with Crippen LogP contribution in [0.5, 0.6) is 0 Å². The lowest BCUT2D eigenvalue weighted by molar-refractivity contribution is -0.135. The van der Waals surface area contributed by atoms with E-state index in [9.17, 15) is 9.59 Å². The molecule has 0 fully saturated rings. The minimum absolute atomic E-state index is 0. The van der Waals surface area contributed by atoms with Gasteiger partial charge in [-0.25, -0.2) is 4.98 Å². The zero-order chi connectivity index (χ0) is 18.1. The molecule has 0 spiro atoms. The number of carbonyl (C=O) groups excluding carboxylic acids is 2. The van der Waals surface area contributed by atoms with E-state index in [0.717, 1.165) is 35.7 Å². The molecule has 0 aliphatic carbocycles. The number of nitrogens with zero attached hydrogens (tertiary/aromatic N) is 4. The Labute approximate surface area is 175 Å². The Bertz CT molecular complexity index is 835. The van der Waals surface area contributed by atoms with Crippen LogP contribution in [0.3, 0.4) is 0 Å². The summed E-state index contributed by atoms with van der Waals surface area (Å²) in [5, 5.41) is 10.6. The molecule has 0 saturated heterocycles. The van der Waals surface area contributed by atoms with Crippen LogP contribution < -0.4 is 10.6 Å². The maximum atomic E-state index is 13.0. The van der Waals surface area contributed by atoms with Gasteiger partial charge in [-0.2, -0.15) is 5.10 Å². The van der Waals surface area contributed by atoms with Crippen LogP contribution in [0.15, 0.2) is 12.4 Å². The number of halogens is 2. The van der Waals surface area contributed by atoms with Gasteiger partial charge in [-0.1, -0.05) is 6.92 Å². The Morgan fingerprint density at radius 1 is 1.32 bits per heavy atom. The molecular formula is C17H25Cl2N7O2. The van der Waals surface area contributed by atoms with Crippen molar-refractivity contribution in [1.29, 1.82) is 0 Å². The van der Waals surface area contributed by atoms with Crippen LogP contribution in [-0.2, 0) is 35.6 Å². The fourth-order valence-electron chi connectivity index (χ4n) is 3.52. The van der Waals surface area contributed by atoms with Gasteiger partial charge >= 0.3 is 0 Å². The first-order valence-electron chi connectivity index (χ1n) is 9.02. The molecule has 0 bridgehead atoms. The summed E-state index contributed by atoms with van der Waals surface area (Å²) in [5.74, 6) is 0.0530. The van der Waals surface area contributed by atoms with Crippen LogP contribution in [0, 0.1) is 0 Å². The van der Waals surface area contributed by atoms with Crippen LogP contribution in [0.25, 0.3) is 0 Å². The second kappa shape index (κ2) is 9.40. The highest BCUT2D eigenvalue weighted by atomic mass is 35.5. The van der Waals surface area contributed by atoms with Crippen molar-refractivity contribution >= 4 is 36.6 Å².